The van der Waals surface area contributed by atoms with Gasteiger partial charge in [-0.1, -0.05) is 0 Å². The minimum atomic E-state index is 0.181. The Morgan fingerprint density at radius 3 is 2.68 bits per heavy atom. The summed E-state index contributed by atoms with van der Waals surface area (Å²) in [5.41, 5.74) is 8.93. The van der Waals surface area contributed by atoms with Crippen molar-refractivity contribution in [2.75, 3.05) is 26.1 Å². The third-order valence-electron chi connectivity index (χ3n) is 4.45. The molecule has 0 aromatic heterocycles. The number of guanidine groups is 1. The van der Waals surface area contributed by atoms with E-state index in [2.05, 4.69) is 17.2 Å². The molecule has 0 fully saturated rings. The van der Waals surface area contributed by atoms with Gasteiger partial charge in [0.15, 0.2) is 17.5 Å². The number of hydrogen-bond donors (Lipinski definition) is 2. The van der Waals surface area contributed by atoms with E-state index in [0.29, 0.717) is 30.6 Å². The van der Waals surface area contributed by atoms with Gasteiger partial charge in [0, 0.05) is 29.3 Å². The van der Waals surface area contributed by atoms with E-state index in [-0.39, 0.29) is 6.10 Å². The van der Waals surface area contributed by atoms with E-state index in [1.807, 2.05) is 25.1 Å². The van der Waals surface area contributed by atoms with Gasteiger partial charge in [-0.2, -0.15) is 0 Å². The fourth-order valence-corrected chi connectivity index (χ4v) is 3.17. The number of anilines is 1. The Hall–Kier alpha value is -3.09. The number of nitrogens with two attached hydrogens (primary N) is 1. The number of nitrogens with zero attached hydrogens (tertiary/aromatic N) is 1. The largest absolute Gasteiger partial charge is 0.494 e. The molecule has 1 heterocycles. The summed E-state index contributed by atoms with van der Waals surface area (Å²) in [4.78, 5) is 4.45. The fourth-order valence-electron chi connectivity index (χ4n) is 3.17. The molecule has 2 aromatic rings. The van der Waals surface area contributed by atoms with Crippen molar-refractivity contribution in [1.82, 2.24) is 0 Å². The first-order valence-corrected chi connectivity index (χ1v) is 9.28. The summed E-state index contributed by atoms with van der Waals surface area (Å²) in [5.74, 6) is 3.28. The lowest BCUT2D eigenvalue weighted by molar-refractivity contribution is 0.254. The summed E-state index contributed by atoms with van der Waals surface area (Å²) in [6.07, 6.45) is 1.07. The molecule has 0 saturated carbocycles. The number of rotatable bonds is 7. The quantitative estimate of drug-likeness (QED) is 0.561. The van der Waals surface area contributed by atoms with Crippen LogP contribution in [0.1, 0.15) is 25.0 Å². The summed E-state index contributed by atoms with van der Waals surface area (Å²) < 4.78 is 22.2. The molecule has 0 bridgehead atoms. The van der Waals surface area contributed by atoms with Gasteiger partial charge in [-0.3, -0.25) is 0 Å². The molecular formula is C21H27N3O4. The number of ether oxygens (including phenoxy) is 4. The highest BCUT2D eigenvalue weighted by Gasteiger charge is 2.21. The van der Waals surface area contributed by atoms with Gasteiger partial charge in [0.1, 0.15) is 17.6 Å². The summed E-state index contributed by atoms with van der Waals surface area (Å²) in [5, 5.41) is 3.07. The normalized spacial score (nSPS) is 15.6. The van der Waals surface area contributed by atoms with Crippen molar-refractivity contribution in [3.63, 3.8) is 0 Å². The second-order valence-electron chi connectivity index (χ2n) is 6.53. The van der Waals surface area contributed by atoms with Crippen LogP contribution in [-0.4, -0.2) is 32.9 Å². The maximum absolute atomic E-state index is 6.07. The van der Waals surface area contributed by atoms with Crippen LogP contribution < -0.4 is 30.0 Å². The van der Waals surface area contributed by atoms with Crippen LogP contribution in [0.2, 0.25) is 0 Å². The number of fused-ring (bicyclic) bond motifs is 1. The van der Waals surface area contributed by atoms with Gasteiger partial charge in [0.2, 0.25) is 0 Å². The third kappa shape index (κ3) is 4.42. The highest BCUT2D eigenvalue weighted by atomic mass is 16.5. The second-order valence-corrected chi connectivity index (χ2v) is 6.53. The van der Waals surface area contributed by atoms with Crippen LogP contribution in [0.5, 0.6) is 23.0 Å². The van der Waals surface area contributed by atoms with Gasteiger partial charge in [0.25, 0.3) is 0 Å². The predicted molar refractivity (Wildman–Crippen MR) is 110 cm³/mol. The van der Waals surface area contributed by atoms with E-state index in [0.717, 1.165) is 29.2 Å². The Labute approximate surface area is 165 Å². The van der Waals surface area contributed by atoms with Crippen molar-refractivity contribution in [1.29, 1.82) is 0 Å². The molecule has 3 N–H and O–H groups in total. The van der Waals surface area contributed by atoms with Gasteiger partial charge in [-0.05, 0) is 38.1 Å². The monoisotopic (exact) mass is 385 g/mol. The summed E-state index contributed by atoms with van der Waals surface area (Å²) in [6, 6.07) is 9.50. The molecule has 0 aliphatic carbocycles. The third-order valence-corrected chi connectivity index (χ3v) is 4.45. The Morgan fingerprint density at radius 1 is 1.18 bits per heavy atom. The smallest absolute Gasteiger partial charge is 0.193 e. The molecule has 1 aliphatic heterocycles. The number of nitrogens with one attached hydrogen (secondary N) is 1. The van der Waals surface area contributed by atoms with Gasteiger partial charge >= 0.3 is 0 Å². The van der Waals surface area contributed by atoms with Crippen molar-refractivity contribution in [2.45, 2.75) is 32.9 Å². The molecular weight excluding hydrogens is 358 g/mol. The van der Waals surface area contributed by atoms with Crippen molar-refractivity contribution >= 4 is 11.6 Å². The van der Waals surface area contributed by atoms with Crippen LogP contribution in [0.3, 0.4) is 0 Å². The van der Waals surface area contributed by atoms with Gasteiger partial charge in [-0.25, -0.2) is 4.99 Å². The second kappa shape index (κ2) is 8.73. The zero-order valence-corrected chi connectivity index (χ0v) is 16.7. The van der Waals surface area contributed by atoms with Crippen LogP contribution in [0.25, 0.3) is 0 Å². The van der Waals surface area contributed by atoms with Gasteiger partial charge in [0.05, 0.1) is 27.4 Å². The molecule has 150 valence electrons. The zero-order valence-electron chi connectivity index (χ0n) is 16.7. The van der Waals surface area contributed by atoms with E-state index in [9.17, 15) is 0 Å². The van der Waals surface area contributed by atoms with Gasteiger partial charge in [-0.15, -0.1) is 0 Å². The van der Waals surface area contributed by atoms with Crippen molar-refractivity contribution in [2.24, 2.45) is 10.7 Å². The minimum absolute atomic E-state index is 0.181. The van der Waals surface area contributed by atoms with Crippen molar-refractivity contribution in [3.8, 4) is 23.0 Å². The Morgan fingerprint density at radius 2 is 1.96 bits per heavy atom. The van der Waals surface area contributed by atoms with Crippen LogP contribution in [0.4, 0.5) is 5.69 Å². The predicted octanol–water partition coefficient (Wildman–Crippen LogP) is 3.35. The van der Waals surface area contributed by atoms with Crippen LogP contribution in [-0.2, 0) is 13.0 Å². The molecule has 1 unspecified atom stereocenters. The first-order chi connectivity index (χ1) is 13.5. The molecule has 0 radical (unpaired) electrons. The Balaban J connectivity index is 1.75. The SMILES string of the molecule is CCOc1cc2c(cc1CN=C(N)Nc1ccc(OC)c(OC)c1)OC(C)C2. The van der Waals surface area contributed by atoms with Crippen LogP contribution in [0.15, 0.2) is 35.3 Å². The summed E-state index contributed by atoms with van der Waals surface area (Å²) >= 11 is 0. The number of hydrogen-bond acceptors (Lipinski definition) is 5. The fraction of sp³-hybridized carbons (Fsp3) is 0.381. The van der Waals surface area contributed by atoms with E-state index in [4.69, 9.17) is 24.7 Å². The zero-order chi connectivity index (χ0) is 20.1. The average Bonchev–Trinajstić information content (AvgIpc) is 3.05. The number of methoxy groups -OCH3 is 2. The first kappa shape index (κ1) is 19.7. The summed E-state index contributed by atoms with van der Waals surface area (Å²) in [6.45, 7) is 4.99. The van der Waals surface area contributed by atoms with Crippen molar-refractivity contribution < 1.29 is 18.9 Å². The Bertz CT molecular complexity index is 867. The lowest BCUT2D eigenvalue weighted by Crippen LogP contribution is -2.22. The van der Waals surface area contributed by atoms with E-state index < -0.39 is 0 Å². The van der Waals surface area contributed by atoms with E-state index in [1.165, 1.54) is 5.56 Å². The number of benzene rings is 2. The van der Waals surface area contributed by atoms with Crippen LogP contribution in [0, 0.1) is 0 Å². The molecule has 3 rings (SSSR count). The van der Waals surface area contributed by atoms with Gasteiger partial charge < -0.3 is 30.0 Å². The molecule has 28 heavy (non-hydrogen) atoms. The highest BCUT2D eigenvalue weighted by Crippen LogP contribution is 2.35. The summed E-state index contributed by atoms with van der Waals surface area (Å²) in [7, 11) is 3.18. The van der Waals surface area contributed by atoms with E-state index in [1.54, 1.807) is 26.4 Å². The topological polar surface area (TPSA) is 87.3 Å². The number of aliphatic imine (C=N–C) groups is 1. The average molecular weight is 385 g/mol. The van der Waals surface area contributed by atoms with E-state index >= 15 is 0 Å². The lowest BCUT2D eigenvalue weighted by atomic mass is 10.1. The molecule has 7 heteroatoms. The molecule has 0 amide bonds. The molecule has 1 aliphatic rings. The maximum atomic E-state index is 6.07. The molecule has 1 atom stereocenters. The standard InChI is InChI=1S/C21H27N3O4/c1-5-27-18-9-14-8-13(2)28-19(14)10-15(18)12-23-21(22)24-16-6-7-17(25-3)20(11-16)26-4/h6-7,9-11,13H,5,8,12H2,1-4H3,(H3,22,23,24). The molecule has 0 saturated heterocycles. The van der Waals surface area contributed by atoms with Crippen LogP contribution >= 0.6 is 0 Å². The Kier molecular flexibility index (Phi) is 6.13. The molecule has 0 spiro atoms. The maximum Gasteiger partial charge on any atom is 0.193 e. The molecule has 2 aromatic carbocycles. The first-order valence-electron chi connectivity index (χ1n) is 9.28. The molecule has 7 nitrogen and oxygen atoms in total. The van der Waals surface area contributed by atoms with Crippen molar-refractivity contribution in [3.05, 3.63) is 41.5 Å². The minimum Gasteiger partial charge on any atom is -0.494 e. The lowest BCUT2D eigenvalue weighted by Gasteiger charge is -2.13. The highest BCUT2D eigenvalue weighted by molar-refractivity contribution is 5.92.